The predicted molar refractivity (Wildman–Crippen MR) is 63.1 cm³/mol. The number of aromatic amines is 1. The average Bonchev–Trinajstić information content (AvgIpc) is 2.15. The van der Waals surface area contributed by atoms with E-state index in [-0.39, 0.29) is 11.5 Å². The molecule has 0 spiro atoms. The number of nitrogens with zero attached hydrogens (tertiary/aromatic N) is 1. The minimum absolute atomic E-state index is 0.113. The summed E-state index contributed by atoms with van der Waals surface area (Å²) in [5, 5.41) is 3.37. The molecule has 0 radical (unpaired) electrons. The third-order valence-corrected chi connectivity index (χ3v) is 2.88. The first kappa shape index (κ1) is 11.1. The van der Waals surface area contributed by atoms with Gasteiger partial charge in [-0.15, -0.1) is 0 Å². The van der Waals surface area contributed by atoms with E-state index in [4.69, 9.17) is 5.73 Å². The number of nitrogens with two attached hydrogens (primary N) is 1. The van der Waals surface area contributed by atoms with E-state index >= 15 is 0 Å². The number of rotatable bonds is 2. The lowest BCUT2D eigenvalue weighted by Gasteiger charge is -2.26. The van der Waals surface area contributed by atoms with Gasteiger partial charge in [0, 0.05) is 19.0 Å². The maximum atomic E-state index is 11.6. The lowest BCUT2D eigenvalue weighted by Crippen LogP contribution is -2.40. The summed E-state index contributed by atoms with van der Waals surface area (Å²) < 4.78 is 0. The molecule has 0 aromatic carbocycles. The van der Waals surface area contributed by atoms with Crippen LogP contribution < -0.4 is 16.6 Å². The van der Waals surface area contributed by atoms with Gasteiger partial charge in [0.15, 0.2) is 0 Å². The van der Waals surface area contributed by atoms with Gasteiger partial charge in [-0.2, -0.15) is 0 Å². The Morgan fingerprint density at radius 3 is 3.00 bits per heavy atom. The molecule has 1 aliphatic heterocycles. The van der Waals surface area contributed by atoms with E-state index in [1.54, 1.807) is 0 Å². The Labute approximate surface area is 94.5 Å². The summed E-state index contributed by atoms with van der Waals surface area (Å²) in [5.74, 6) is 0.854. The Kier molecular flexibility index (Phi) is 2.96. The highest BCUT2D eigenvalue weighted by Gasteiger charge is 2.22. The molecule has 16 heavy (non-hydrogen) atoms. The van der Waals surface area contributed by atoms with Gasteiger partial charge >= 0.3 is 0 Å². The molecule has 88 valence electrons. The van der Waals surface area contributed by atoms with E-state index in [1.165, 1.54) is 0 Å². The summed E-state index contributed by atoms with van der Waals surface area (Å²) in [4.78, 5) is 18.3. The van der Waals surface area contributed by atoms with E-state index < -0.39 is 0 Å². The van der Waals surface area contributed by atoms with Crippen molar-refractivity contribution in [3.8, 4) is 0 Å². The molecule has 2 rings (SSSR count). The molecular formula is C11H18N4O. The zero-order chi connectivity index (χ0) is 11.7. The van der Waals surface area contributed by atoms with Crippen LogP contribution in [-0.4, -0.2) is 16.0 Å². The van der Waals surface area contributed by atoms with Crippen molar-refractivity contribution in [1.82, 2.24) is 15.3 Å². The Balaban J connectivity index is 2.23. The van der Waals surface area contributed by atoms with E-state index in [2.05, 4.69) is 29.1 Å². The second-order valence-electron chi connectivity index (χ2n) is 4.79. The molecule has 0 amide bonds. The summed E-state index contributed by atoms with van der Waals surface area (Å²) in [6.45, 7) is 4.98. The van der Waals surface area contributed by atoms with Crippen molar-refractivity contribution < 1.29 is 0 Å². The minimum Gasteiger partial charge on any atom is -0.369 e. The van der Waals surface area contributed by atoms with Crippen LogP contribution in [-0.2, 0) is 13.0 Å². The normalized spacial score (nSPS) is 19.8. The van der Waals surface area contributed by atoms with Gasteiger partial charge in [0.1, 0.15) is 0 Å². The molecule has 1 unspecified atom stereocenters. The summed E-state index contributed by atoms with van der Waals surface area (Å²) in [6.07, 6.45) is 1.88. The van der Waals surface area contributed by atoms with Crippen LogP contribution >= 0.6 is 0 Å². The number of fused-ring (bicyclic) bond motifs is 1. The van der Waals surface area contributed by atoms with Gasteiger partial charge < -0.3 is 11.1 Å². The largest absolute Gasteiger partial charge is 0.369 e. The standard InChI is InChI=1S/C11H18N4O/c1-6(2)3-7-4-9-8(5-13-7)10(16)15-11(12)14-9/h6-7,13H,3-5H2,1-2H3,(H3,12,14,15,16). The minimum atomic E-state index is -0.113. The van der Waals surface area contributed by atoms with Gasteiger partial charge in [0.25, 0.3) is 5.56 Å². The zero-order valence-corrected chi connectivity index (χ0v) is 9.71. The van der Waals surface area contributed by atoms with Crippen molar-refractivity contribution in [1.29, 1.82) is 0 Å². The third-order valence-electron chi connectivity index (χ3n) is 2.88. The van der Waals surface area contributed by atoms with Crippen LogP contribution in [0, 0.1) is 5.92 Å². The first-order chi connectivity index (χ1) is 7.56. The van der Waals surface area contributed by atoms with Gasteiger partial charge in [-0.1, -0.05) is 13.8 Å². The van der Waals surface area contributed by atoms with Crippen LogP contribution in [0.3, 0.4) is 0 Å². The second kappa shape index (κ2) is 4.25. The Morgan fingerprint density at radius 2 is 2.31 bits per heavy atom. The number of anilines is 1. The fourth-order valence-electron chi connectivity index (χ4n) is 2.20. The Bertz CT molecular complexity index is 438. The smallest absolute Gasteiger partial charge is 0.257 e. The van der Waals surface area contributed by atoms with Crippen LogP contribution in [0.1, 0.15) is 31.5 Å². The molecule has 5 nitrogen and oxygen atoms in total. The molecule has 1 atom stereocenters. The molecule has 0 fully saturated rings. The van der Waals surface area contributed by atoms with Crippen molar-refractivity contribution in [2.45, 2.75) is 39.3 Å². The van der Waals surface area contributed by atoms with Gasteiger partial charge in [-0.05, 0) is 12.3 Å². The van der Waals surface area contributed by atoms with E-state index in [1.807, 2.05) is 0 Å². The predicted octanol–water partition coefficient (Wildman–Crippen LogP) is 0.412. The quantitative estimate of drug-likeness (QED) is 0.677. The highest BCUT2D eigenvalue weighted by Crippen LogP contribution is 2.16. The molecule has 1 aliphatic rings. The lowest BCUT2D eigenvalue weighted by molar-refractivity contribution is 0.392. The molecule has 0 aliphatic carbocycles. The molecular weight excluding hydrogens is 204 g/mol. The summed E-state index contributed by atoms with van der Waals surface area (Å²) in [7, 11) is 0. The third kappa shape index (κ3) is 2.24. The van der Waals surface area contributed by atoms with E-state index in [9.17, 15) is 4.79 Å². The van der Waals surface area contributed by atoms with Gasteiger partial charge in [-0.25, -0.2) is 4.98 Å². The average molecular weight is 222 g/mol. The van der Waals surface area contributed by atoms with Crippen molar-refractivity contribution in [2.24, 2.45) is 5.92 Å². The first-order valence-electron chi connectivity index (χ1n) is 5.67. The molecule has 0 saturated carbocycles. The number of nitrogen functional groups attached to an aromatic ring is 1. The summed E-state index contributed by atoms with van der Waals surface area (Å²) in [5.41, 5.74) is 7.01. The monoisotopic (exact) mass is 222 g/mol. The maximum Gasteiger partial charge on any atom is 0.257 e. The number of hydrogen-bond acceptors (Lipinski definition) is 4. The van der Waals surface area contributed by atoms with Gasteiger partial charge in [0.05, 0.1) is 11.3 Å². The Morgan fingerprint density at radius 1 is 1.56 bits per heavy atom. The Hall–Kier alpha value is -1.36. The second-order valence-corrected chi connectivity index (χ2v) is 4.79. The molecule has 0 saturated heterocycles. The number of H-pyrrole nitrogens is 1. The topological polar surface area (TPSA) is 83.8 Å². The van der Waals surface area contributed by atoms with Crippen molar-refractivity contribution in [3.63, 3.8) is 0 Å². The van der Waals surface area contributed by atoms with Crippen molar-refractivity contribution in [3.05, 3.63) is 21.6 Å². The summed E-state index contributed by atoms with van der Waals surface area (Å²) >= 11 is 0. The molecule has 1 aromatic heterocycles. The van der Waals surface area contributed by atoms with Gasteiger partial charge in [0.2, 0.25) is 5.95 Å². The van der Waals surface area contributed by atoms with E-state index in [0.29, 0.717) is 18.5 Å². The SMILES string of the molecule is CC(C)CC1Cc2nc(N)[nH]c(=O)c2CN1. The van der Waals surface area contributed by atoms with Gasteiger partial charge in [-0.3, -0.25) is 9.78 Å². The number of nitrogens with one attached hydrogen (secondary N) is 2. The summed E-state index contributed by atoms with van der Waals surface area (Å²) in [6, 6.07) is 0.404. The maximum absolute atomic E-state index is 11.6. The molecule has 2 heterocycles. The highest BCUT2D eigenvalue weighted by atomic mass is 16.1. The first-order valence-corrected chi connectivity index (χ1v) is 5.67. The van der Waals surface area contributed by atoms with Crippen LogP contribution in [0.2, 0.25) is 0 Å². The molecule has 1 aromatic rings. The van der Waals surface area contributed by atoms with Crippen LogP contribution in [0.25, 0.3) is 0 Å². The zero-order valence-electron chi connectivity index (χ0n) is 9.71. The fraction of sp³-hybridized carbons (Fsp3) is 0.636. The lowest BCUT2D eigenvalue weighted by atomic mass is 9.95. The van der Waals surface area contributed by atoms with Crippen LogP contribution in [0.5, 0.6) is 0 Å². The molecule has 5 heteroatoms. The fourth-order valence-corrected chi connectivity index (χ4v) is 2.20. The highest BCUT2D eigenvalue weighted by molar-refractivity contribution is 5.27. The van der Waals surface area contributed by atoms with Crippen LogP contribution in [0.15, 0.2) is 4.79 Å². The van der Waals surface area contributed by atoms with Crippen LogP contribution in [0.4, 0.5) is 5.95 Å². The molecule has 0 bridgehead atoms. The molecule has 4 N–H and O–H groups in total. The van der Waals surface area contributed by atoms with Crippen molar-refractivity contribution >= 4 is 5.95 Å². The van der Waals surface area contributed by atoms with Crippen molar-refractivity contribution in [2.75, 3.05) is 5.73 Å². The van der Waals surface area contributed by atoms with E-state index in [0.717, 1.165) is 24.1 Å². The number of hydrogen-bond donors (Lipinski definition) is 3. The number of aromatic nitrogens is 2.